The number of rotatable bonds is 10. The predicted molar refractivity (Wildman–Crippen MR) is 156 cm³/mol. The number of hydrogen-bond donors (Lipinski definition) is 5. The Balaban J connectivity index is 1.90. The van der Waals surface area contributed by atoms with E-state index in [1.165, 1.54) is 43.8 Å². The van der Waals surface area contributed by atoms with Gasteiger partial charge in [-0.25, -0.2) is 15.6 Å². The molecule has 11 nitrogen and oxygen atoms in total. The minimum atomic E-state index is -4.64. The highest BCUT2D eigenvalue weighted by Crippen LogP contribution is 2.38. The Hall–Kier alpha value is -4.34. The Bertz CT molecular complexity index is 1470. The maximum Gasteiger partial charge on any atom is 0.416 e. The number of methoxy groups -OCH3 is 2. The van der Waals surface area contributed by atoms with Gasteiger partial charge < -0.3 is 25.8 Å². The zero-order valence-electron chi connectivity index (χ0n) is 23.6. The van der Waals surface area contributed by atoms with Crippen LogP contribution in [0.5, 0.6) is 5.75 Å². The summed E-state index contributed by atoms with van der Waals surface area (Å²) >= 11 is 1.09. The van der Waals surface area contributed by atoms with Crippen LogP contribution >= 0.6 is 11.3 Å². The molecule has 15 heteroatoms. The second kappa shape index (κ2) is 13.5. The van der Waals surface area contributed by atoms with Crippen LogP contribution in [-0.2, 0) is 17.5 Å². The van der Waals surface area contributed by atoms with Crippen LogP contribution in [-0.4, -0.2) is 37.2 Å². The van der Waals surface area contributed by atoms with E-state index in [4.69, 9.17) is 16.3 Å². The molecular weight excluding hydrogens is 575 g/mol. The van der Waals surface area contributed by atoms with Gasteiger partial charge >= 0.3 is 12.3 Å². The van der Waals surface area contributed by atoms with Gasteiger partial charge in [-0.1, -0.05) is 31.3 Å². The van der Waals surface area contributed by atoms with Gasteiger partial charge in [0, 0.05) is 36.1 Å². The highest BCUT2D eigenvalue weighted by molar-refractivity contribution is 7.16. The van der Waals surface area contributed by atoms with Crippen molar-refractivity contribution in [2.75, 3.05) is 29.9 Å². The maximum absolute atomic E-state index is 13.7. The van der Waals surface area contributed by atoms with E-state index < -0.39 is 23.7 Å². The van der Waals surface area contributed by atoms with Gasteiger partial charge in [0.05, 0.1) is 41.7 Å². The van der Waals surface area contributed by atoms with Crippen molar-refractivity contribution in [3.8, 4) is 5.75 Å². The summed E-state index contributed by atoms with van der Waals surface area (Å²) in [7, 11) is 2.54. The molecule has 7 N–H and O–H groups in total. The van der Waals surface area contributed by atoms with Crippen LogP contribution in [0.4, 0.5) is 34.5 Å². The van der Waals surface area contributed by atoms with Crippen molar-refractivity contribution in [2.24, 2.45) is 11.6 Å². The van der Waals surface area contributed by atoms with E-state index in [2.05, 4.69) is 25.7 Å². The molecule has 2 amide bonds. The van der Waals surface area contributed by atoms with Crippen molar-refractivity contribution in [1.82, 2.24) is 10.3 Å². The number of aryl methyl sites for hydroxylation is 1. The lowest BCUT2D eigenvalue weighted by Gasteiger charge is -2.20. The maximum atomic E-state index is 13.7. The van der Waals surface area contributed by atoms with E-state index in [9.17, 15) is 22.8 Å². The highest BCUT2D eigenvalue weighted by atomic mass is 32.1. The second-order valence-corrected chi connectivity index (χ2v) is 10.4. The van der Waals surface area contributed by atoms with E-state index in [-0.39, 0.29) is 46.0 Å². The number of nitrogens with one attached hydrogen (secondary N) is 3. The van der Waals surface area contributed by atoms with E-state index in [0.29, 0.717) is 16.1 Å². The van der Waals surface area contributed by atoms with Gasteiger partial charge in [-0.15, -0.1) is 0 Å². The van der Waals surface area contributed by atoms with Crippen LogP contribution in [0.3, 0.4) is 0 Å². The first-order valence-electron chi connectivity index (χ1n) is 12.5. The molecule has 2 aromatic carbocycles. The fourth-order valence-electron chi connectivity index (χ4n) is 3.74. The Kier molecular flexibility index (Phi) is 10.4. The average Bonchev–Trinajstić information content (AvgIpc) is 3.39. The lowest BCUT2D eigenvalue weighted by molar-refractivity contribution is -0.137. The molecule has 0 unspecified atom stereocenters. The quantitative estimate of drug-likeness (QED) is 0.157. The monoisotopic (exact) mass is 607 g/mol. The van der Waals surface area contributed by atoms with Crippen molar-refractivity contribution in [2.45, 2.75) is 39.5 Å². The van der Waals surface area contributed by atoms with Gasteiger partial charge in [0.15, 0.2) is 5.13 Å². The summed E-state index contributed by atoms with van der Waals surface area (Å²) < 4.78 is 51.0. The number of thiazole rings is 1. The summed E-state index contributed by atoms with van der Waals surface area (Å²) in [6.45, 7) is 5.57. The van der Waals surface area contributed by atoms with Gasteiger partial charge in [0.1, 0.15) is 5.75 Å². The van der Waals surface area contributed by atoms with Crippen molar-refractivity contribution < 1.29 is 32.2 Å². The van der Waals surface area contributed by atoms with Gasteiger partial charge in [-0.2, -0.15) is 13.2 Å². The number of carbonyl (C=O) groups excluding carboxylic acids is 2. The average molecular weight is 608 g/mol. The van der Waals surface area contributed by atoms with Gasteiger partial charge in [-0.3, -0.25) is 15.1 Å². The van der Waals surface area contributed by atoms with Crippen LogP contribution in [0.15, 0.2) is 42.7 Å². The highest BCUT2D eigenvalue weighted by Gasteiger charge is 2.33. The van der Waals surface area contributed by atoms with Crippen molar-refractivity contribution >= 4 is 45.5 Å². The number of alkyl halides is 3. The summed E-state index contributed by atoms with van der Waals surface area (Å²) in [5, 5.41) is 9.52. The lowest BCUT2D eigenvalue weighted by Crippen LogP contribution is -2.27. The van der Waals surface area contributed by atoms with Gasteiger partial charge in [-0.05, 0) is 36.8 Å². The molecule has 42 heavy (non-hydrogen) atoms. The van der Waals surface area contributed by atoms with Crippen LogP contribution in [0.2, 0.25) is 0 Å². The SMILES string of the molecule is COC(=O)Nc1ncc(/C(N)=C/N(N)c2cc(C(=O)Nc3cc(C(F)(F)F)cc(CNC(C)C)c3OC)ccc2C)s1. The zero-order valence-corrected chi connectivity index (χ0v) is 24.4. The summed E-state index contributed by atoms with van der Waals surface area (Å²) in [6.07, 6.45) is -2.48. The first-order valence-corrected chi connectivity index (χ1v) is 13.3. The smallest absolute Gasteiger partial charge is 0.416 e. The number of hydrogen-bond acceptors (Lipinski definition) is 10. The largest absolute Gasteiger partial charge is 0.494 e. The third-order valence-electron chi connectivity index (χ3n) is 5.86. The number of carbonyl (C=O) groups is 2. The number of anilines is 3. The zero-order chi connectivity index (χ0) is 31.2. The fraction of sp³-hybridized carbons (Fsp3) is 0.296. The number of benzene rings is 2. The normalized spacial score (nSPS) is 11.8. The molecule has 0 radical (unpaired) electrons. The number of ether oxygens (including phenoxy) is 2. The Morgan fingerprint density at radius 2 is 1.88 bits per heavy atom. The van der Waals surface area contributed by atoms with E-state index >= 15 is 0 Å². The summed E-state index contributed by atoms with van der Waals surface area (Å²) in [5.74, 6) is 5.68. The van der Waals surface area contributed by atoms with Crippen LogP contribution in [0.25, 0.3) is 5.70 Å². The minimum Gasteiger partial charge on any atom is -0.494 e. The first kappa shape index (κ1) is 32.2. The Morgan fingerprint density at radius 3 is 2.50 bits per heavy atom. The third kappa shape index (κ3) is 8.11. The third-order valence-corrected chi connectivity index (χ3v) is 6.82. The van der Waals surface area contributed by atoms with E-state index in [1.807, 2.05) is 13.8 Å². The van der Waals surface area contributed by atoms with E-state index in [0.717, 1.165) is 23.5 Å². The molecule has 0 atom stereocenters. The molecule has 0 saturated carbocycles. The molecule has 226 valence electrons. The molecule has 0 aliphatic carbocycles. The molecule has 0 saturated heterocycles. The number of hydrazine groups is 1. The molecule has 3 aromatic rings. The summed E-state index contributed by atoms with van der Waals surface area (Å²) in [5.41, 5.74) is 6.80. The Morgan fingerprint density at radius 1 is 1.17 bits per heavy atom. The number of nitrogens with two attached hydrogens (primary N) is 2. The van der Waals surface area contributed by atoms with Gasteiger partial charge in [0.2, 0.25) is 0 Å². The Labute approximate surface area is 244 Å². The fourth-order valence-corrected chi connectivity index (χ4v) is 4.47. The molecule has 0 aliphatic rings. The molecule has 1 aromatic heterocycles. The summed E-state index contributed by atoms with van der Waals surface area (Å²) in [6, 6.07) is 6.47. The second-order valence-electron chi connectivity index (χ2n) is 9.34. The number of amides is 2. The van der Waals surface area contributed by atoms with Crippen LogP contribution in [0, 0.1) is 6.92 Å². The van der Waals surface area contributed by atoms with Gasteiger partial charge in [0.25, 0.3) is 5.91 Å². The molecule has 0 bridgehead atoms. The van der Waals surface area contributed by atoms with Crippen molar-refractivity contribution in [3.05, 3.63) is 69.9 Å². The molecular formula is C27H32F3N7O4S. The first-order chi connectivity index (χ1) is 19.7. The molecule has 1 heterocycles. The standard InChI is InChI=1S/C27H32F3N7O4S/c1-14(2)33-11-17-8-18(27(28,29)30)10-20(23(17)40-4)35-24(38)16-7-6-15(3)21(9-16)37(32)13-19(31)22-12-34-25(42-22)36-26(39)41-5/h6-10,12-14,33H,11,31-32H2,1-5H3,(H,35,38)(H,34,36,39)/b19-13-. The molecule has 3 rings (SSSR count). The topological polar surface area (TPSA) is 157 Å². The van der Waals surface area contributed by atoms with Crippen molar-refractivity contribution in [1.29, 1.82) is 0 Å². The minimum absolute atomic E-state index is 0.00483. The molecule has 0 fully saturated rings. The van der Waals surface area contributed by atoms with E-state index in [1.54, 1.807) is 13.0 Å². The van der Waals surface area contributed by atoms with Crippen molar-refractivity contribution in [3.63, 3.8) is 0 Å². The summed E-state index contributed by atoms with van der Waals surface area (Å²) in [4.78, 5) is 29.2. The van der Waals surface area contributed by atoms with Crippen LogP contribution < -0.4 is 37.3 Å². The molecule has 0 aliphatic heterocycles. The number of aromatic nitrogens is 1. The van der Waals surface area contributed by atoms with Crippen LogP contribution in [0.1, 0.15) is 45.8 Å². The number of halogens is 3. The number of nitrogens with zero attached hydrogens (tertiary/aromatic N) is 2. The molecule has 0 spiro atoms. The lowest BCUT2D eigenvalue weighted by atomic mass is 10.1. The predicted octanol–water partition coefficient (Wildman–Crippen LogP) is 5.04.